The molecule has 6 heteroatoms. The molecule has 0 aromatic rings. The zero-order chi connectivity index (χ0) is 41.9. The molecule has 0 amide bonds. The molecule has 6 nitrogen and oxygen atoms in total. The molecule has 0 aliphatic heterocycles. The average molecular weight is 807 g/mol. The van der Waals surface area contributed by atoms with Gasteiger partial charge in [-0.3, -0.25) is 14.4 Å². The molecule has 0 aliphatic carbocycles. The quantitative estimate of drug-likeness (QED) is 0.0346. The van der Waals surface area contributed by atoms with Gasteiger partial charge in [-0.05, 0) is 31.1 Å². The van der Waals surface area contributed by atoms with Crippen LogP contribution in [-0.4, -0.2) is 37.2 Å². The summed E-state index contributed by atoms with van der Waals surface area (Å²) in [5, 5.41) is 0. The van der Waals surface area contributed by atoms with Gasteiger partial charge < -0.3 is 14.2 Å². The standard InChI is InChI=1S/C51H98O6/c1-6-8-9-10-11-12-13-14-15-16-17-20-26-31-36-41-49(52)55-44-48(57-51(54)43-38-33-28-23-22-25-30-35-40-47(5)7-2)45-56-50(53)42-37-32-27-21-18-19-24-29-34-39-46(3)4/h46-48H,6-45H2,1-5H3/t47?,48-/m1/s1. The summed E-state index contributed by atoms with van der Waals surface area (Å²) < 4.78 is 16.8. The summed E-state index contributed by atoms with van der Waals surface area (Å²) in [6, 6.07) is 0. The van der Waals surface area contributed by atoms with Crippen LogP contribution in [0.2, 0.25) is 0 Å². The molecule has 57 heavy (non-hydrogen) atoms. The Morgan fingerprint density at radius 2 is 0.667 bits per heavy atom. The molecule has 0 N–H and O–H groups in total. The first kappa shape index (κ1) is 55.4. The largest absolute Gasteiger partial charge is 0.462 e. The van der Waals surface area contributed by atoms with E-state index in [-0.39, 0.29) is 31.1 Å². The van der Waals surface area contributed by atoms with Gasteiger partial charge in [-0.25, -0.2) is 0 Å². The van der Waals surface area contributed by atoms with Gasteiger partial charge in [0.25, 0.3) is 0 Å². The molecule has 0 saturated carbocycles. The number of hydrogen-bond acceptors (Lipinski definition) is 6. The predicted molar refractivity (Wildman–Crippen MR) is 243 cm³/mol. The SMILES string of the molecule is CCCCCCCCCCCCCCCCCC(=O)OC[C@H](COC(=O)CCCCCCCCCCCC(C)C)OC(=O)CCCCCCCCCCC(C)CC. The molecular weight excluding hydrogens is 709 g/mol. The van der Waals surface area contributed by atoms with Gasteiger partial charge in [0.05, 0.1) is 0 Å². The zero-order valence-corrected chi connectivity index (χ0v) is 39.0. The van der Waals surface area contributed by atoms with Crippen LogP contribution >= 0.6 is 0 Å². The van der Waals surface area contributed by atoms with Crippen molar-refractivity contribution in [2.45, 2.75) is 285 Å². The van der Waals surface area contributed by atoms with E-state index in [1.54, 1.807) is 0 Å². The Hall–Kier alpha value is -1.59. The Bertz CT molecular complexity index is 872. The summed E-state index contributed by atoms with van der Waals surface area (Å²) >= 11 is 0. The summed E-state index contributed by atoms with van der Waals surface area (Å²) in [5.41, 5.74) is 0. The molecule has 0 radical (unpaired) electrons. The van der Waals surface area contributed by atoms with E-state index in [1.165, 1.54) is 167 Å². The van der Waals surface area contributed by atoms with Crippen molar-refractivity contribution in [3.8, 4) is 0 Å². The van der Waals surface area contributed by atoms with Crippen LogP contribution in [-0.2, 0) is 28.6 Å². The van der Waals surface area contributed by atoms with E-state index in [0.29, 0.717) is 19.3 Å². The third-order valence-corrected chi connectivity index (χ3v) is 11.8. The minimum atomic E-state index is -0.762. The number of carbonyl (C=O) groups is 3. The van der Waals surface area contributed by atoms with Gasteiger partial charge >= 0.3 is 17.9 Å². The van der Waals surface area contributed by atoms with Gasteiger partial charge in [0.1, 0.15) is 13.2 Å². The van der Waals surface area contributed by atoms with Crippen LogP contribution in [0.3, 0.4) is 0 Å². The van der Waals surface area contributed by atoms with Crippen molar-refractivity contribution < 1.29 is 28.6 Å². The topological polar surface area (TPSA) is 78.9 Å². The lowest BCUT2D eigenvalue weighted by Crippen LogP contribution is -2.30. The molecule has 0 aromatic carbocycles. The Labute approximate surface area is 355 Å². The van der Waals surface area contributed by atoms with Gasteiger partial charge in [-0.2, -0.15) is 0 Å². The maximum Gasteiger partial charge on any atom is 0.306 e. The number of hydrogen-bond donors (Lipinski definition) is 0. The number of esters is 3. The van der Waals surface area contributed by atoms with Crippen molar-refractivity contribution in [3.63, 3.8) is 0 Å². The number of rotatable bonds is 45. The van der Waals surface area contributed by atoms with E-state index < -0.39 is 6.10 Å². The van der Waals surface area contributed by atoms with Crippen molar-refractivity contribution in [2.75, 3.05) is 13.2 Å². The lowest BCUT2D eigenvalue weighted by Gasteiger charge is -2.18. The highest BCUT2D eigenvalue weighted by atomic mass is 16.6. The summed E-state index contributed by atoms with van der Waals surface area (Å²) in [4.78, 5) is 37.9. The van der Waals surface area contributed by atoms with Gasteiger partial charge in [0, 0.05) is 19.3 Å². The number of unbranched alkanes of at least 4 members (excludes halogenated alkanes) is 29. The Kier molecular flexibility index (Phi) is 42.7. The van der Waals surface area contributed by atoms with Crippen molar-refractivity contribution in [1.82, 2.24) is 0 Å². The van der Waals surface area contributed by atoms with Crippen molar-refractivity contribution in [1.29, 1.82) is 0 Å². The van der Waals surface area contributed by atoms with Gasteiger partial charge in [0.15, 0.2) is 6.10 Å². The Morgan fingerprint density at radius 1 is 0.368 bits per heavy atom. The Morgan fingerprint density at radius 3 is 1.00 bits per heavy atom. The fourth-order valence-corrected chi connectivity index (χ4v) is 7.60. The molecule has 0 aromatic heterocycles. The van der Waals surface area contributed by atoms with E-state index in [4.69, 9.17) is 14.2 Å². The average Bonchev–Trinajstić information content (AvgIpc) is 3.19. The first-order chi connectivity index (χ1) is 27.8. The highest BCUT2D eigenvalue weighted by Gasteiger charge is 2.19. The molecule has 338 valence electrons. The second-order valence-electron chi connectivity index (χ2n) is 18.2. The fourth-order valence-electron chi connectivity index (χ4n) is 7.60. The van der Waals surface area contributed by atoms with Crippen molar-refractivity contribution in [2.24, 2.45) is 11.8 Å². The second kappa shape index (κ2) is 44.0. The van der Waals surface area contributed by atoms with Crippen molar-refractivity contribution in [3.05, 3.63) is 0 Å². The lowest BCUT2D eigenvalue weighted by molar-refractivity contribution is -0.167. The smallest absolute Gasteiger partial charge is 0.306 e. The highest BCUT2D eigenvalue weighted by molar-refractivity contribution is 5.71. The van der Waals surface area contributed by atoms with Crippen LogP contribution in [0.5, 0.6) is 0 Å². The summed E-state index contributed by atoms with van der Waals surface area (Å²) in [5.74, 6) is 0.801. The number of ether oxygens (including phenoxy) is 3. The molecule has 1 unspecified atom stereocenters. The Balaban J connectivity index is 4.32. The van der Waals surface area contributed by atoms with E-state index in [0.717, 1.165) is 69.6 Å². The van der Waals surface area contributed by atoms with E-state index in [1.807, 2.05) is 0 Å². The van der Waals surface area contributed by atoms with Crippen LogP contribution < -0.4 is 0 Å². The summed E-state index contributed by atoms with van der Waals surface area (Å²) in [6.45, 7) is 11.3. The highest BCUT2D eigenvalue weighted by Crippen LogP contribution is 2.17. The molecule has 0 fully saturated rings. The first-order valence-corrected chi connectivity index (χ1v) is 25.3. The van der Waals surface area contributed by atoms with Crippen LogP contribution in [0, 0.1) is 11.8 Å². The molecule has 0 saturated heterocycles. The molecule has 0 rings (SSSR count). The summed E-state index contributed by atoms with van der Waals surface area (Å²) in [6.07, 6.45) is 43.7. The predicted octanol–water partition coefficient (Wildman–Crippen LogP) is 16.1. The molecular formula is C51H98O6. The van der Waals surface area contributed by atoms with Crippen LogP contribution in [0.4, 0.5) is 0 Å². The van der Waals surface area contributed by atoms with Gasteiger partial charge in [0.2, 0.25) is 0 Å². The normalized spacial score (nSPS) is 12.5. The maximum absolute atomic E-state index is 12.8. The lowest BCUT2D eigenvalue weighted by atomic mass is 9.99. The third kappa shape index (κ3) is 43.8. The summed E-state index contributed by atoms with van der Waals surface area (Å²) in [7, 11) is 0. The maximum atomic E-state index is 12.8. The van der Waals surface area contributed by atoms with Crippen molar-refractivity contribution >= 4 is 17.9 Å². The fraction of sp³-hybridized carbons (Fsp3) is 0.941. The van der Waals surface area contributed by atoms with E-state index >= 15 is 0 Å². The molecule has 2 atom stereocenters. The number of carbonyl (C=O) groups excluding carboxylic acids is 3. The molecule has 0 bridgehead atoms. The van der Waals surface area contributed by atoms with E-state index in [9.17, 15) is 14.4 Å². The first-order valence-electron chi connectivity index (χ1n) is 25.3. The monoisotopic (exact) mass is 807 g/mol. The van der Waals surface area contributed by atoms with Gasteiger partial charge in [-0.15, -0.1) is 0 Å². The molecule has 0 heterocycles. The minimum Gasteiger partial charge on any atom is -0.462 e. The van der Waals surface area contributed by atoms with E-state index in [2.05, 4.69) is 34.6 Å². The third-order valence-electron chi connectivity index (χ3n) is 11.8. The van der Waals surface area contributed by atoms with Crippen LogP contribution in [0.25, 0.3) is 0 Å². The molecule has 0 spiro atoms. The molecule has 0 aliphatic rings. The zero-order valence-electron chi connectivity index (χ0n) is 39.0. The van der Waals surface area contributed by atoms with Gasteiger partial charge in [-0.1, -0.05) is 240 Å². The van der Waals surface area contributed by atoms with Crippen LogP contribution in [0.15, 0.2) is 0 Å². The van der Waals surface area contributed by atoms with Crippen LogP contribution in [0.1, 0.15) is 279 Å². The second-order valence-corrected chi connectivity index (χ2v) is 18.2. The minimum absolute atomic E-state index is 0.0644.